The summed E-state index contributed by atoms with van der Waals surface area (Å²) in [6.45, 7) is 0. The van der Waals surface area contributed by atoms with Crippen LogP contribution in [0.25, 0.3) is 33.7 Å². The van der Waals surface area contributed by atoms with Crippen LogP contribution in [0.15, 0.2) is 54.9 Å². The van der Waals surface area contributed by atoms with Crippen molar-refractivity contribution in [1.82, 2.24) is 19.9 Å². The van der Waals surface area contributed by atoms with Gasteiger partial charge < -0.3 is 14.8 Å². The van der Waals surface area contributed by atoms with Gasteiger partial charge >= 0.3 is 5.97 Å². The summed E-state index contributed by atoms with van der Waals surface area (Å²) in [6, 6.07) is 13.2. The maximum absolute atomic E-state index is 11.1. The van der Waals surface area contributed by atoms with Gasteiger partial charge in [0.25, 0.3) is 0 Å². The van der Waals surface area contributed by atoms with Crippen molar-refractivity contribution in [1.29, 1.82) is 0 Å². The number of rotatable bonds is 5. The number of nitrogens with zero attached hydrogens (tertiary/aromatic N) is 3. The van der Waals surface area contributed by atoms with Crippen molar-refractivity contribution in [2.45, 2.75) is 31.8 Å². The van der Waals surface area contributed by atoms with Crippen molar-refractivity contribution < 1.29 is 14.6 Å². The quantitative estimate of drug-likeness (QED) is 0.426. The number of carboxylic acid groups (broad SMARTS) is 1. The van der Waals surface area contributed by atoms with Crippen LogP contribution in [0.2, 0.25) is 5.02 Å². The summed E-state index contributed by atoms with van der Waals surface area (Å²) in [7, 11) is 0. The van der Waals surface area contributed by atoms with E-state index in [0.717, 1.165) is 46.5 Å². The third kappa shape index (κ3) is 4.29. The number of aliphatic carboxylic acids is 1. The van der Waals surface area contributed by atoms with Crippen LogP contribution in [0, 0.1) is 5.92 Å². The molecule has 0 saturated heterocycles. The molecule has 1 aliphatic rings. The van der Waals surface area contributed by atoms with E-state index in [2.05, 4.69) is 19.9 Å². The predicted molar refractivity (Wildman–Crippen MR) is 122 cm³/mol. The molecule has 4 aromatic rings. The minimum Gasteiger partial charge on any atom is -0.481 e. The Bertz CT molecular complexity index is 1250. The number of hydrogen-bond donors (Lipinski definition) is 2. The second kappa shape index (κ2) is 8.59. The summed E-state index contributed by atoms with van der Waals surface area (Å²) in [5.74, 6) is 0.316. The molecular weight excluding hydrogens is 428 g/mol. The monoisotopic (exact) mass is 448 g/mol. The van der Waals surface area contributed by atoms with Crippen LogP contribution in [-0.4, -0.2) is 37.1 Å². The van der Waals surface area contributed by atoms with Crippen LogP contribution >= 0.6 is 11.6 Å². The molecule has 1 fully saturated rings. The average molecular weight is 449 g/mol. The minimum atomic E-state index is -0.714. The second-order valence-electron chi connectivity index (χ2n) is 7.99. The molecule has 1 aliphatic carbocycles. The third-order valence-electron chi connectivity index (χ3n) is 5.82. The Morgan fingerprint density at radius 3 is 2.47 bits per heavy atom. The Balaban J connectivity index is 1.25. The third-order valence-corrected chi connectivity index (χ3v) is 6.06. The number of fused-ring (bicyclic) bond motifs is 1. The number of halogens is 1. The number of aromatic nitrogens is 4. The normalized spacial score (nSPS) is 18.5. The highest BCUT2D eigenvalue weighted by Gasteiger charge is 2.27. The van der Waals surface area contributed by atoms with Crippen molar-refractivity contribution in [2.75, 3.05) is 0 Å². The smallest absolute Gasteiger partial charge is 0.306 e. The molecule has 5 rings (SSSR count). The molecule has 32 heavy (non-hydrogen) atoms. The Morgan fingerprint density at radius 2 is 1.78 bits per heavy atom. The molecular formula is C24H21ClN4O3. The highest BCUT2D eigenvalue weighted by molar-refractivity contribution is 6.31. The largest absolute Gasteiger partial charge is 0.481 e. The van der Waals surface area contributed by atoms with Gasteiger partial charge in [-0.2, -0.15) is 0 Å². The lowest BCUT2D eigenvalue weighted by Crippen LogP contribution is -2.28. The molecule has 0 radical (unpaired) electrons. The van der Waals surface area contributed by atoms with E-state index in [0.29, 0.717) is 23.7 Å². The van der Waals surface area contributed by atoms with Gasteiger partial charge in [-0.1, -0.05) is 11.6 Å². The molecule has 0 aliphatic heterocycles. The highest BCUT2D eigenvalue weighted by atomic mass is 35.5. The van der Waals surface area contributed by atoms with Crippen molar-refractivity contribution in [3.8, 4) is 28.5 Å². The average Bonchev–Trinajstić information content (AvgIpc) is 3.23. The number of carboxylic acids is 1. The summed E-state index contributed by atoms with van der Waals surface area (Å²) in [6.07, 6.45) is 6.29. The number of imidazole rings is 1. The molecule has 1 aromatic carbocycles. The first-order chi connectivity index (χ1) is 15.5. The molecule has 7 nitrogen and oxygen atoms in total. The molecule has 0 unspecified atom stereocenters. The van der Waals surface area contributed by atoms with Crippen LogP contribution < -0.4 is 4.74 Å². The number of ether oxygens (including phenoxy) is 1. The van der Waals surface area contributed by atoms with E-state index in [1.165, 1.54) is 0 Å². The van der Waals surface area contributed by atoms with Gasteiger partial charge in [-0.05, 0) is 62.1 Å². The maximum Gasteiger partial charge on any atom is 0.306 e. The van der Waals surface area contributed by atoms with E-state index in [1.807, 2.05) is 42.5 Å². The van der Waals surface area contributed by atoms with Crippen LogP contribution in [0.3, 0.4) is 0 Å². The van der Waals surface area contributed by atoms with E-state index in [1.54, 1.807) is 12.4 Å². The molecule has 162 valence electrons. The molecule has 3 heterocycles. The topological polar surface area (TPSA) is 101 Å². The van der Waals surface area contributed by atoms with Crippen LogP contribution in [0.4, 0.5) is 0 Å². The maximum atomic E-state index is 11.1. The SMILES string of the molecule is O=C(O)C1CCC(Oc2ccc(-c3ccc(-c4nc5ccc(Cl)cc5[nH]4)cn3)cn2)CC1. The lowest BCUT2D eigenvalue weighted by atomic mass is 9.87. The molecule has 1 saturated carbocycles. The lowest BCUT2D eigenvalue weighted by molar-refractivity contribution is -0.143. The van der Waals surface area contributed by atoms with E-state index in [4.69, 9.17) is 21.4 Å². The Hall–Kier alpha value is -3.45. The molecule has 3 aromatic heterocycles. The van der Waals surface area contributed by atoms with Gasteiger partial charge in [-0.3, -0.25) is 9.78 Å². The minimum absolute atomic E-state index is 0.0139. The molecule has 0 atom stereocenters. The fourth-order valence-corrected chi connectivity index (χ4v) is 4.20. The van der Waals surface area contributed by atoms with Crippen molar-refractivity contribution in [3.05, 3.63) is 59.9 Å². The van der Waals surface area contributed by atoms with Gasteiger partial charge in [-0.15, -0.1) is 0 Å². The fourth-order valence-electron chi connectivity index (χ4n) is 4.02. The highest BCUT2D eigenvalue weighted by Crippen LogP contribution is 2.28. The number of hydrogen-bond acceptors (Lipinski definition) is 5. The van der Waals surface area contributed by atoms with Crippen molar-refractivity contribution in [3.63, 3.8) is 0 Å². The van der Waals surface area contributed by atoms with Crippen molar-refractivity contribution >= 4 is 28.6 Å². The van der Waals surface area contributed by atoms with Crippen LogP contribution in [0.1, 0.15) is 25.7 Å². The molecule has 0 bridgehead atoms. The van der Waals surface area contributed by atoms with E-state index in [9.17, 15) is 4.79 Å². The second-order valence-corrected chi connectivity index (χ2v) is 8.43. The Kier molecular flexibility index (Phi) is 5.49. The summed E-state index contributed by atoms with van der Waals surface area (Å²) >= 11 is 6.05. The zero-order valence-corrected chi connectivity index (χ0v) is 17.9. The molecule has 8 heteroatoms. The lowest BCUT2D eigenvalue weighted by Gasteiger charge is -2.26. The first-order valence-electron chi connectivity index (χ1n) is 10.5. The van der Waals surface area contributed by atoms with E-state index < -0.39 is 5.97 Å². The number of H-pyrrole nitrogens is 1. The van der Waals surface area contributed by atoms with Crippen LogP contribution in [-0.2, 0) is 4.79 Å². The van der Waals surface area contributed by atoms with Gasteiger partial charge in [0.15, 0.2) is 0 Å². The Morgan fingerprint density at radius 1 is 1.00 bits per heavy atom. The first kappa shape index (κ1) is 20.5. The Labute approximate surface area is 189 Å². The predicted octanol–water partition coefficient (Wildman–Crippen LogP) is 5.36. The van der Waals surface area contributed by atoms with Gasteiger partial charge in [0.05, 0.1) is 22.6 Å². The summed E-state index contributed by atoms with van der Waals surface area (Å²) < 4.78 is 5.94. The van der Waals surface area contributed by atoms with Gasteiger partial charge in [0, 0.05) is 34.6 Å². The zero-order chi connectivity index (χ0) is 22.1. The van der Waals surface area contributed by atoms with E-state index >= 15 is 0 Å². The van der Waals surface area contributed by atoms with E-state index in [-0.39, 0.29) is 12.0 Å². The summed E-state index contributed by atoms with van der Waals surface area (Å²) in [5, 5.41) is 9.77. The molecule has 2 N–H and O–H groups in total. The summed E-state index contributed by atoms with van der Waals surface area (Å²) in [5.41, 5.74) is 4.30. The number of carbonyl (C=O) groups is 1. The summed E-state index contributed by atoms with van der Waals surface area (Å²) in [4.78, 5) is 27.9. The number of aromatic amines is 1. The van der Waals surface area contributed by atoms with Crippen LogP contribution in [0.5, 0.6) is 5.88 Å². The van der Waals surface area contributed by atoms with Gasteiger partial charge in [0.1, 0.15) is 11.9 Å². The fraction of sp³-hybridized carbons (Fsp3) is 0.250. The number of benzene rings is 1. The molecule has 0 amide bonds. The van der Waals surface area contributed by atoms with Crippen molar-refractivity contribution in [2.24, 2.45) is 5.92 Å². The molecule has 0 spiro atoms. The van der Waals surface area contributed by atoms with Gasteiger partial charge in [0.2, 0.25) is 5.88 Å². The number of nitrogens with one attached hydrogen (secondary N) is 1. The zero-order valence-electron chi connectivity index (χ0n) is 17.2. The number of pyridine rings is 2. The van der Waals surface area contributed by atoms with Gasteiger partial charge in [-0.25, -0.2) is 9.97 Å². The standard InChI is InChI=1S/C24H21ClN4O3/c25-17-5-9-20-21(11-17)29-23(28-20)16-3-8-19(26-13-16)15-4-10-22(27-12-15)32-18-6-1-14(2-7-18)24(30)31/h3-5,8-14,18H,1-2,6-7H2,(H,28,29)(H,30,31). The first-order valence-corrected chi connectivity index (χ1v) is 10.9.